The van der Waals surface area contributed by atoms with Crippen molar-refractivity contribution in [1.29, 1.82) is 0 Å². The van der Waals surface area contributed by atoms with Gasteiger partial charge in [-0.25, -0.2) is 9.86 Å². The van der Waals surface area contributed by atoms with Gasteiger partial charge in [0, 0.05) is 11.4 Å². The molecule has 3 aromatic rings. The zero-order valence-electron chi connectivity index (χ0n) is 15.3. The van der Waals surface area contributed by atoms with Gasteiger partial charge in [-0.1, -0.05) is 23.7 Å². The molecule has 2 atom stereocenters. The number of hydroxylamine groups is 1. The highest BCUT2D eigenvalue weighted by Crippen LogP contribution is 2.43. The second-order valence-electron chi connectivity index (χ2n) is 6.85. The van der Waals surface area contributed by atoms with Crippen molar-refractivity contribution >= 4 is 34.2 Å². The van der Waals surface area contributed by atoms with E-state index in [1.54, 1.807) is 60.5 Å². The minimum Gasteiger partial charge on any atom is -0.467 e. The summed E-state index contributed by atoms with van der Waals surface area (Å²) in [5.74, 6) is -0.515. The number of hydrogen-bond donors (Lipinski definition) is 0. The number of hydrogen-bond acceptors (Lipinski definition) is 6. The molecule has 2 aromatic carbocycles. The van der Waals surface area contributed by atoms with Crippen molar-refractivity contribution in [3.05, 3.63) is 75.6 Å². The van der Waals surface area contributed by atoms with Crippen LogP contribution < -0.4 is 10.5 Å². The van der Waals surface area contributed by atoms with Crippen LogP contribution in [0.2, 0.25) is 5.02 Å². The minimum absolute atomic E-state index is 0.163. The van der Waals surface area contributed by atoms with E-state index in [0.717, 1.165) is 0 Å². The number of esters is 1. The third-order valence-electron chi connectivity index (χ3n) is 4.93. The first-order chi connectivity index (χ1) is 13.4. The zero-order valence-corrected chi connectivity index (χ0v) is 16.1. The molecule has 0 saturated carbocycles. The summed E-state index contributed by atoms with van der Waals surface area (Å²) in [7, 11) is 1.31. The number of methoxy groups -OCH3 is 1. The van der Waals surface area contributed by atoms with E-state index in [-0.39, 0.29) is 11.8 Å². The number of para-hydroxylation sites is 1. The number of carbonyl (C=O) groups excluding carboxylic acids is 1. The molecule has 4 rings (SSSR count). The highest BCUT2D eigenvalue weighted by Gasteiger charge is 2.50. The van der Waals surface area contributed by atoms with Crippen LogP contribution in [-0.2, 0) is 14.4 Å². The van der Waals surface area contributed by atoms with Crippen LogP contribution in [0.15, 0.2) is 64.0 Å². The number of rotatable bonds is 3. The topological polar surface area (TPSA) is 69.0 Å². The zero-order chi connectivity index (χ0) is 19.9. The SMILES string of the molecule is COC(=O)C1(C)CC(c2coc3ccccc3c2=O)N(c2ccc(Cl)cc2)O1. The third kappa shape index (κ3) is 3.04. The van der Waals surface area contributed by atoms with Gasteiger partial charge in [-0.05, 0) is 43.3 Å². The van der Waals surface area contributed by atoms with Crippen LogP contribution in [0.4, 0.5) is 5.69 Å². The number of nitrogens with zero attached hydrogens (tertiary/aromatic N) is 1. The normalized spacial score (nSPS) is 21.8. The van der Waals surface area contributed by atoms with Crippen molar-refractivity contribution in [1.82, 2.24) is 0 Å². The number of carbonyl (C=O) groups is 1. The van der Waals surface area contributed by atoms with E-state index in [1.807, 2.05) is 0 Å². The molecule has 28 heavy (non-hydrogen) atoms. The maximum Gasteiger partial charge on any atom is 0.340 e. The summed E-state index contributed by atoms with van der Waals surface area (Å²) in [6, 6.07) is 13.5. The minimum atomic E-state index is -1.24. The Labute approximate surface area is 166 Å². The Morgan fingerprint density at radius 1 is 1.21 bits per heavy atom. The molecular formula is C21H18ClNO5. The van der Waals surface area contributed by atoms with Crippen molar-refractivity contribution in [2.24, 2.45) is 0 Å². The molecule has 0 aliphatic carbocycles. The molecule has 7 heteroatoms. The molecule has 0 N–H and O–H groups in total. The van der Waals surface area contributed by atoms with Crippen LogP contribution in [0.1, 0.15) is 24.9 Å². The van der Waals surface area contributed by atoms with Gasteiger partial charge < -0.3 is 9.15 Å². The fraction of sp³-hybridized carbons (Fsp3) is 0.238. The summed E-state index contributed by atoms with van der Waals surface area (Å²) in [4.78, 5) is 31.5. The first-order valence-corrected chi connectivity index (χ1v) is 9.13. The number of anilines is 1. The number of fused-ring (bicyclic) bond motifs is 1. The highest BCUT2D eigenvalue weighted by atomic mass is 35.5. The fourth-order valence-corrected chi connectivity index (χ4v) is 3.61. The predicted molar refractivity (Wildman–Crippen MR) is 105 cm³/mol. The number of ether oxygens (including phenoxy) is 1. The largest absolute Gasteiger partial charge is 0.467 e. The van der Waals surface area contributed by atoms with E-state index >= 15 is 0 Å². The maximum absolute atomic E-state index is 13.1. The summed E-state index contributed by atoms with van der Waals surface area (Å²) in [5.41, 5.74) is 0.167. The van der Waals surface area contributed by atoms with Crippen LogP contribution in [0.25, 0.3) is 11.0 Å². The lowest BCUT2D eigenvalue weighted by Gasteiger charge is -2.25. The predicted octanol–water partition coefficient (Wildman–Crippen LogP) is 4.26. The summed E-state index contributed by atoms with van der Waals surface area (Å²) in [5, 5.41) is 2.59. The van der Waals surface area contributed by atoms with Crippen molar-refractivity contribution in [3.8, 4) is 0 Å². The van der Waals surface area contributed by atoms with Crippen LogP contribution in [0.5, 0.6) is 0 Å². The van der Waals surface area contributed by atoms with Gasteiger partial charge in [0.1, 0.15) is 11.8 Å². The van der Waals surface area contributed by atoms with Crippen LogP contribution in [-0.4, -0.2) is 18.7 Å². The molecule has 1 fully saturated rings. The summed E-state index contributed by atoms with van der Waals surface area (Å²) in [6.07, 6.45) is 1.66. The number of halogens is 1. The van der Waals surface area contributed by atoms with Gasteiger partial charge in [0.15, 0.2) is 11.0 Å². The molecule has 0 amide bonds. The van der Waals surface area contributed by atoms with Gasteiger partial charge in [-0.3, -0.25) is 9.63 Å². The molecule has 1 aromatic heterocycles. The standard InChI is InChI=1S/C21H18ClNO5/c1-21(20(25)26-2)11-17(23(28-21)14-9-7-13(22)8-10-14)16-12-27-18-6-4-3-5-15(18)19(16)24/h3-10,12,17H,11H2,1-2H3. The summed E-state index contributed by atoms with van der Waals surface area (Å²) >= 11 is 5.99. The molecular weight excluding hydrogens is 382 g/mol. The van der Waals surface area contributed by atoms with Gasteiger partial charge >= 0.3 is 5.97 Å². The van der Waals surface area contributed by atoms with E-state index < -0.39 is 17.6 Å². The highest BCUT2D eigenvalue weighted by molar-refractivity contribution is 6.30. The molecule has 2 heterocycles. The average Bonchev–Trinajstić information content (AvgIpc) is 3.07. The fourth-order valence-electron chi connectivity index (χ4n) is 3.49. The Morgan fingerprint density at radius 2 is 1.93 bits per heavy atom. The third-order valence-corrected chi connectivity index (χ3v) is 5.18. The maximum atomic E-state index is 13.1. The molecule has 144 valence electrons. The van der Waals surface area contributed by atoms with Crippen LogP contribution in [0.3, 0.4) is 0 Å². The van der Waals surface area contributed by atoms with Crippen molar-refractivity contribution in [2.45, 2.75) is 25.0 Å². The lowest BCUT2D eigenvalue weighted by molar-refractivity contribution is -0.163. The van der Waals surface area contributed by atoms with E-state index in [2.05, 4.69) is 0 Å². The molecule has 0 spiro atoms. The van der Waals surface area contributed by atoms with E-state index in [4.69, 9.17) is 25.6 Å². The van der Waals surface area contributed by atoms with Crippen LogP contribution in [0, 0.1) is 0 Å². The molecule has 1 saturated heterocycles. The molecule has 6 nitrogen and oxygen atoms in total. The quantitative estimate of drug-likeness (QED) is 0.613. The Kier molecular flexibility index (Phi) is 4.61. The second kappa shape index (κ2) is 6.96. The molecule has 1 aliphatic rings. The Hall–Kier alpha value is -2.83. The summed E-state index contributed by atoms with van der Waals surface area (Å²) < 4.78 is 10.6. The van der Waals surface area contributed by atoms with Gasteiger partial charge in [-0.2, -0.15) is 0 Å². The van der Waals surface area contributed by atoms with Crippen LogP contribution >= 0.6 is 11.6 Å². The molecule has 2 unspecified atom stereocenters. The first-order valence-electron chi connectivity index (χ1n) is 8.76. The van der Waals surface area contributed by atoms with Gasteiger partial charge in [0.2, 0.25) is 0 Å². The van der Waals surface area contributed by atoms with Crippen molar-refractivity contribution < 1.29 is 18.8 Å². The monoisotopic (exact) mass is 399 g/mol. The molecule has 0 radical (unpaired) electrons. The second-order valence-corrected chi connectivity index (χ2v) is 7.29. The lowest BCUT2D eigenvalue weighted by Crippen LogP contribution is -2.37. The Morgan fingerprint density at radius 3 is 2.64 bits per heavy atom. The Balaban J connectivity index is 1.84. The first kappa shape index (κ1) is 18.5. The van der Waals surface area contributed by atoms with Crippen molar-refractivity contribution in [3.63, 3.8) is 0 Å². The average molecular weight is 400 g/mol. The molecule has 1 aliphatic heterocycles. The van der Waals surface area contributed by atoms with E-state index in [0.29, 0.717) is 27.2 Å². The van der Waals surface area contributed by atoms with E-state index in [9.17, 15) is 9.59 Å². The smallest absolute Gasteiger partial charge is 0.340 e. The lowest BCUT2D eigenvalue weighted by atomic mass is 9.94. The number of benzene rings is 2. The Bertz CT molecular complexity index is 1090. The van der Waals surface area contributed by atoms with Crippen molar-refractivity contribution in [2.75, 3.05) is 12.2 Å². The van der Waals surface area contributed by atoms with Gasteiger partial charge in [0.25, 0.3) is 0 Å². The summed E-state index contributed by atoms with van der Waals surface area (Å²) in [6.45, 7) is 1.64. The van der Waals surface area contributed by atoms with Gasteiger partial charge in [-0.15, -0.1) is 0 Å². The van der Waals surface area contributed by atoms with Gasteiger partial charge in [0.05, 0.1) is 29.8 Å². The van der Waals surface area contributed by atoms with E-state index in [1.165, 1.54) is 13.4 Å². The molecule has 0 bridgehead atoms.